The molecular weight excluding hydrogens is 249 g/mol. The Kier molecular flexibility index (Phi) is 3.35. The summed E-state index contributed by atoms with van der Waals surface area (Å²) in [5, 5.41) is 1.91. The van der Waals surface area contributed by atoms with E-state index in [0.29, 0.717) is 0 Å². The molecule has 0 saturated heterocycles. The van der Waals surface area contributed by atoms with Gasteiger partial charge in [0.2, 0.25) is 0 Å². The van der Waals surface area contributed by atoms with Crippen LogP contribution in [0.1, 0.15) is 46.5 Å². The zero-order chi connectivity index (χ0) is 13.5. The first-order valence-corrected chi connectivity index (χ1v) is 8.52. The van der Waals surface area contributed by atoms with Crippen LogP contribution in [-0.4, -0.2) is 10.1 Å². The first-order chi connectivity index (χ1) is 9.05. The maximum absolute atomic E-state index is 4.67. The van der Waals surface area contributed by atoms with Crippen LogP contribution in [0.4, 0.5) is 0 Å². The molecule has 2 bridgehead atoms. The molecule has 1 atom stereocenters. The van der Waals surface area contributed by atoms with E-state index in [1.807, 2.05) is 12.3 Å². The molecule has 2 heteroatoms. The van der Waals surface area contributed by atoms with Gasteiger partial charge >= 0.3 is 0 Å². The van der Waals surface area contributed by atoms with Crippen LogP contribution in [0, 0.1) is 0 Å². The van der Waals surface area contributed by atoms with Gasteiger partial charge in [0.15, 0.2) is 0 Å². The molecule has 0 spiro atoms. The Morgan fingerprint density at radius 1 is 1.16 bits per heavy atom. The summed E-state index contributed by atoms with van der Waals surface area (Å²) in [6, 6.07) is 6.36. The minimum absolute atomic E-state index is 0.278. The number of pyridine rings is 1. The van der Waals surface area contributed by atoms with E-state index >= 15 is 0 Å². The van der Waals surface area contributed by atoms with Crippen molar-refractivity contribution in [3.63, 3.8) is 0 Å². The van der Waals surface area contributed by atoms with Crippen LogP contribution in [-0.2, 0) is 0 Å². The first-order valence-electron chi connectivity index (χ1n) is 7.18. The van der Waals surface area contributed by atoms with Gasteiger partial charge in [-0.25, -0.2) is 0 Å². The summed E-state index contributed by atoms with van der Waals surface area (Å²) in [4.78, 5) is 4.67. The van der Waals surface area contributed by atoms with Crippen molar-refractivity contribution < 1.29 is 0 Å². The average Bonchev–Trinajstić information content (AvgIpc) is 2.64. The van der Waals surface area contributed by atoms with E-state index in [9.17, 15) is 0 Å². The molecule has 1 nitrogen and oxygen atoms in total. The van der Waals surface area contributed by atoms with E-state index in [2.05, 4.69) is 44.0 Å². The molecule has 1 fully saturated rings. The van der Waals surface area contributed by atoms with Crippen molar-refractivity contribution >= 4 is 13.4 Å². The van der Waals surface area contributed by atoms with Crippen molar-refractivity contribution in [2.24, 2.45) is 0 Å². The minimum atomic E-state index is -0.338. The maximum atomic E-state index is 4.67. The largest absolute Gasteiger partial charge is 0.256 e. The molecule has 1 saturated carbocycles. The molecule has 2 aliphatic carbocycles. The van der Waals surface area contributed by atoms with Crippen molar-refractivity contribution in [3.05, 3.63) is 46.9 Å². The zero-order valence-corrected chi connectivity index (χ0v) is 13.0. The topological polar surface area (TPSA) is 12.9 Å². The Morgan fingerprint density at radius 2 is 2.00 bits per heavy atom. The lowest BCUT2D eigenvalue weighted by molar-refractivity contribution is 0.725. The number of hydrogen-bond donors (Lipinski definition) is 0. The molecule has 100 valence electrons. The van der Waals surface area contributed by atoms with Gasteiger partial charge in [-0.15, -0.1) is 0 Å². The summed E-state index contributed by atoms with van der Waals surface area (Å²) in [6.07, 6.45) is 9.65. The number of nitrogens with zero attached hydrogens (tertiary/aromatic N) is 1. The molecule has 1 heterocycles. The second kappa shape index (κ2) is 4.87. The number of hydrogen-bond acceptors (Lipinski definition) is 1. The van der Waals surface area contributed by atoms with Gasteiger partial charge in [0.1, 0.15) is 0 Å². The van der Waals surface area contributed by atoms with Gasteiger partial charge in [-0.05, 0) is 56.2 Å². The van der Waals surface area contributed by atoms with E-state index in [0.717, 1.165) is 0 Å². The fourth-order valence-corrected chi connectivity index (χ4v) is 6.05. The predicted octanol–water partition coefficient (Wildman–Crippen LogP) is 4.76. The molecule has 0 amide bonds. The van der Waals surface area contributed by atoms with Crippen LogP contribution in [0.2, 0.25) is 0 Å². The van der Waals surface area contributed by atoms with Crippen LogP contribution >= 0.6 is 7.92 Å². The van der Waals surface area contributed by atoms with Gasteiger partial charge < -0.3 is 0 Å². The highest BCUT2D eigenvalue weighted by molar-refractivity contribution is 7.71. The molecule has 1 aromatic heterocycles. The van der Waals surface area contributed by atoms with E-state index in [1.54, 1.807) is 16.5 Å². The number of aromatic nitrogens is 1. The smallest absolute Gasteiger partial charge is 0.0681 e. The van der Waals surface area contributed by atoms with Crippen LogP contribution in [0.15, 0.2) is 46.9 Å². The monoisotopic (exact) mass is 271 g/mol. The third-order valence-electron chi connectivity index (χ3n) is 3.91. The van der Waals surface area contributed by atoms with E-state index < -0.39 is 0 Å². The van der Waals surface area contributed by atoms with Crippen molar-refractivity contribution in [1.82, 2.24) is 4.98 Å². The second-order valence-corrected chi connectivity index (χ2v) is 9.47. The Bertz CT molecular complexity index is 534. The highest BCUT2D eigenvalue weighted by Crippen LogP contribution is 2.60. The third kappa shape index (κ3) is 2.54. The minimum Gasteiger partial charge on any atom is -0.256 e. The van der Waals surface area contributed by atoms with Crippen molar-refractivity contribution in [2.45, 2.75) is 51.6 Å². The number of fused-ring (bicyclic) bond motifs is 2. The van der Waals surface area contributed by atoms with Gasteiger partial charge in [-0.2, -0.15) is 0 Å². The zero-order valence-electron chi connectivity index (χ0n) is 12.1. The van der Waals surface area contributed by atoms with E-state index in [1.165, 1.54) is 31.1 Å². The van der Waals surface area contributed by atoms with Gasteiger partial charge in [-0.1, -0.05) is 44.1 Å². The molecule has 0 aromatic carbocycles. The molecular formula is C17H22NP. The van der Waals surface area contributed by atoms with Crippen molar-refractivity contribution in [2.75, 3.05) is 0 Å². The fraction of sp³-hybridized carbons (Fsp3) is 0.471. The lowest BCUT2D eigenvalue weighted by atomic mass is 9.95. The van der Waals surface area contributed by atoms with Crippen molar-refractivity contribution in [3.8, 4) is 0 Å². The molecule has 0 radical (unpaired) electrons. The van der Waals surface area contributed by atoms with Crippen LogP contribution in [0.5, 0.6) is 0 Å². The SMILES string of the molecule is CC(C)(C)P(C1=C2CCCC(=C1)C2)c1ccccn1. The summed E-state index contributed by atoms with van der Waals surface area (Å²) < 4.78 is 0. The highest BCUT2D eigenvalue weighted by atomic mass is 31.1. The van der Waals surface area contributed by atoms with Gasteiger partial charge in [0.25, 0.3) is 0 Å². The average molecular weight is 271 g/mol. The van der Waals surface area contributed by atoms with Crippen LogP contribution < -0.4 is 5.44 Å². The summed E-state index contributed by atoms with van der Waals surface area (Å²) in [5.74, 6) is 0. The Balaban J connectivity index is 2.07. The highest BCUT2D eigenvalue weighted by Gasteiger charge is 2.34. The number of rotatable bonds is 2. The normalized spacial score (nSPS) is 20.5. The molecule has 1 aromatic rings. The summed E-state index contributed by atoms with van der Waals surface area (Å²) >= 11 is 0. The Hall–Kier alpha value is -0.940. The summed E-state index contributed by atoms with van der Waals surface area (Å²) in [6.45, 7) is 7.09. The van der Waals surface area contributed by atoms with Gasteiger partial charge in [0, 0.05) is 6.20 Å². The lowest BCUT2D eigenvalue weighted by Gasteiger charge is -2.32. The lowest BCUT2D eigenvalue weighted by Crippen LogP contribution is -2.22. The Morgan fingerprint density at radius 3 is 2.63 bits per heavy atom. The predicted molar refractivity (Wildman–Crippen MR) is 84.1 cm³/mol. The first kappa shape index (κ1) is 13.1. The maximum Gasteiger partial charge on any atom is 0.0681 e. The van der Waals surface area contributed by atoms with Crippen molar-refractivity contribution in [1.29, 1.82) is 0 Å². The third-order valence-corrected chi connectivity index (χ3v) is 6.90. The standard InChI is InChI=1S/C17H22NP/c1-17(2,3)19(16-9-4-5-10-18-16)15-12-13-7-6-8-14(15)11-13/h4-5,9-10,12H,6-8,11H2,1-3H3. The molecule has 0 aliphatic heterocycles. The molecule has 2 aliphatic rings. The van der Waals surface area contributed by atoms with Gasteiger partial charge in [0.05, 0.1) is 5.44 Å². The fourth-order valence-electron chi connectivity index (χ4n) is 3.15. The second-order valence-electron chi connectivity index (χ2n) is 6.52. The number of allylic oxidation sites excluding steroid dienone is 4. The van der Waals surface area contributed by atoms with Crippen LogP contribution in [0.25, 0.3) is 0 Å². The van der Waals surface area contributed by atoms with E-state index in [-0.39, 0.29) is 13.1 Å². The quantitative estimate of drug-likeness (QED) is 0.707. The Labute approximate surface area is 117 Å². The molecule has 19 heavy (non-hydrogen) atoms. The van der Waals surface area contributed by atoms with Gasteiger partial charge in [-0.3, -0.25) is 4.98 Å². The summed E-state index contributed by atoms with van der Waals surface area (Å²) in [7, 11) is -0.338. The summed E-state index contributed by atoms with van der Waals surface area (Å²) in [5.41, 5.74) is 4.65. The molecule has 1 unspecified atom stereocenters. The van der Waals surface area contributed by atoms with Crippen LogP contribution in [0.3, 0.4) is 0 Å². The molecule has 3 rings (SSSR count). The van der Waals surface area contributed by atoms with E-state index in [4.69, 9.17) is 0 Å². The molecule has 0 N–H and O–H groups in total.